The van der Waals surface area contributed by atoms with Crippen LogP contribution in [0.15, 0.2) is 36.4 Å². The number of rotatable bonds is 6. The number of benzene rings is 1. The number of aldehydes is 1. The van der Waals surface area contributed by atoms with E-state index in [0.717, 1.165) is 38.5 Å². The van der Waals surface area contributed by atoms with E-state index in [4.69, 9.17) is 0 Å². The molecule has 1 aromatic rings. The minimum absolute atomic E-state index is 0.0618. The van der Waals surface area contributed by atoms with Crippen LogP contribution in [0.25, 0.3) is 0 Å². The van der Waals surface area contributed by atoms with Gasteiger partial charge in [0.15, 0.2) is 0 Å². The molecule has 3 N–H and O–H groups in total. The molecule has 5 nitrogen and oxygen atoms in total. The minimum atomic E-state index is -0.728. The molecule has 166 valence electrons. The highest BCUT2D eigenvalue weighted by Gasteiger charge is 2.77. The summed E-state index contributed by atoms with van der Waals surface area (Å²) in [6.07, 6.45) is 11.9. The standard InChI is InChI=1S/C26H34N2O3/c1-16(18-6-4-17(15-29)5-7-18)24-19-8-10-22-26(31,28(22)24)20(19)14-27-21-9-11-23(30)25(21)12-2-3-13-25/h4-8,10,15-16,19-24,27,30-31H,2-3,9,11-14H2,1H3/t16-,19+,20+,21+,22-,23+,24-,26+,28?/m1/s1. The summed E-state index contributed by atoms with van der Waals surface area (Å²) in [6, 6.07) is 8.68. The molecule has 3 aliphatic carbocycles. The number of piperidine rings is 1. The summed E-state index contributed by atoms with van der Waals surface area (Å²) in [5.74, 6) is 0.779. The molecule has 2 saturated heterocycles. The minimum Gasteiger partial charge on any atom is -0.392 e. The Morgan fingerprint density at radius 3 is 2.65 bits per heavy atom. The van der Waals surface area contributed by atoms with Gasteiger partial charge in [-0.3, -0.25) is 9.69 Å². The first-order valence-corrected chi connectivity index (χ1v) is 12.2. The average Bonchev–Trinajstić information content (AvgIpc) is 3.11. The Kier molecular flexibility index (Phi) is 4.53. The fourth-order valence-corrected chi connectivity index (χ4v) is 7.95. The van der Waals surface area contributed by atoms with Crippen molar-refractivity contribution in [2.24, 2.45) is 17.3 Å². The second-order valence-corrected chi connectivity index (χ2v) is 10.8. The van der Waals surface area contributed by atoms with Crippen molar-refractivity contribution < 1.29 is 15.0 Å². The first-order chi connectivity index (χ1) is 15.0. The lowest BCUT2D eigenvalue weighted by Crippen LogP contribution is -2.49. The zero-order chi connectivity index (χ0) is 21.4. The predicted molar refractivity (Wildman–Crippen MR) is 119 cm³/mol. The van der Waals surface area contributed by atoms with Crippen LogP contribution in [0, 0.1) is 17.3 Å². The molecule has 9 atom stereocenters. The van der Waals surface area contributed by atoms with Gasteiger partial charge in [-0.1, -0.05) is 56.2 Å². The number of hydrogen-bond acceptors (Lipinski definition) is 5. The van der Waals surface area contributed by atoms with Gasteiger partial charge in [0.05, 0.1) is 12.1 Å². The van der Waals surface area contributed by atoms with Crippen molar-refractivity contribution in [3.63, 3.8) is 0 Å². The topological polar surface area (TPSA) is 72.6 Å². The number of aliphatic hydroxyl groups is 2. The van der Waals surface area contributed by atoms with E-state index < -0.39 is 5.72 Å². The van der Waals surface area contributed by atoms with Gasteiger partial charge in [0.1, 0.15) is 12.0 Å². The van der Waals surface area contributed by atoms with Crippen LogP contribution < -0.4 is 5.32 Å². The maximum atomic E-state index is 11.6. The van der Waals surface area contributed by atoms with E-state index in [1.165, 1.54) is 18.4 Å². The summed E-state index contributed by atoms with van der Waals surface area (Å²) in [6.45, 7) is 3.06. The molecule has 0 radical (unpaired) electrons. The van der Waals surface area contributed by atoms with E-state index in [-0.39, 0.29) is 35.4 Å². The summed E-state index contributed by atoms with van der Waals surface area (Å²) >= 11 is 0. The van der Waals surface area contributed by atoms with Crippen LogP contribution >= 0.6 is 0 Å². The number of hydrogen-bond donors (Lipinski definition) is 3. The van der Waals surface area contributed by atoms with Crippen molar-refractivity contribution in [1.29, 1.82) is 0 Å². The highest BCUT2D eigenvalue weighted by Crippen LogP contribution is 2.64. The van der Waals surface area contributed by atoms with Crippen LogP contribution in [-0.4, -0.2) is 57.9 Å². The molecule has 5 heteroatoms. The smallest absolute Gasteiger partial charge is 0.150 e. The highest BCUT2D eigenvalue weighted by atomic mass is 16.3. The summed E-state index contributed by atoms with van der Waals surface area (Å²) in [4.78, 5) is 13.3. The predicted octanol–water partition coefficient (Wildman–Crippen LogP) is 2.83. The largest absolute Gasteiger partial charge is 0.392 e. The van der Waals surface area contributed by atoms with Gasteiger partial charge in [-0.05, 0) is 37.2 Å². The van der Waals surface area contributed by atoms with Crippen LogP contribution in [-0.2, 0) is 0 Å². The number of nitrogens with zero attached hydrogens (tertiary/aromatic N) is 1. The molecule has 3 heterocycles. The molecular weight excluding hydrogens is 388 g/mol. The van der Waals surface area contributed by atoms with E-state index in [9.17, 15) is 15.0 Å². The van der Waals surface area contributed by atoms with Crippen LogP contribution in [0.2, 0.25) is 0 Å². The van der Waals surface area contributed by atoms with Gasteiger partial charge in [0.2, 0.25) is 0 Å². The van der Waals surface area contributed by atoms with Gasteiger partial charge in [-0.15, -0.1) is 0 Å². The molecule has 31 heavy (non-hydrogen) atoms. The lowest BCUT2D eigenvalue weighted by Gasteiger charge is -2.38. The van der Waals surface area contributed by atoms with E-state index in [2.05, 4.69) is 41.4 Å². The van der Waals surface area contributed by atoms with Crippen molar-refractivity contribution in [3.8, 4) is 0 Å². The molecule has 2 saturated carbocycles. The Labute approximate surface area is 184 Å². The van der Waals surface area contributed by atoms with E-state index >= 15 is 0 Å². The third-order valence-electron chi connectivity index (χ3n) is 9.64. The van der Waals surface area contributed by atoms with Crippen molar-refractivity contribution >= 4 is 6.29 Å². The Morgan fingerprint density at radius 2 is 1.94 bits per heavy atom. The first kappa shape index (κ1) is 20.1. The average molecular weight is 423 g/mol. The normalized spacial score (nSPS) is 44.7. The third-order valence-corrected chi connectivity index (χ3v) is 9.64. The highest BCUT2D eigenvalue weighted by molar-refractivity contribution is 5.74. The second-order valence-electron chi connectivity index (χ2n) is 10.8. The zero-order valence-electron chi connectivity index (χ0n) is 18.3. The molecule has 1 spiro atoms. The molecule has 3 aliphatic heterocycles. The Bertz CT molecular complexity index is 892. The van der Waals surface area contributed by atoms with E-state index in [1.54, 1.807) is 0 Å². The van der Waals surface area contributed by atoms with Crippen molar-refractivity contribution in [2.45, 2.75) is 81.3 Å². The van der Waals surface area contributed by atoms with Gasteiger partial charge < -0.3 is 15.5 Å². The Balaban J connectivity index is 1.20. The number of nitrogens with one attached hydrogen (secondary N) is 1. The quantitative estimate of drug-likeness (QED) is 0.374. The molecule has 4 fully saturated rings. The van der Waals surface area contributed by atoms with Gasteiger partial charge in [0, 0.05) is 41.4 Å². The van der Waals surface area contributed by atoms with Gasteiger partial charge in [0.25, 0.3) is 0 Å². The van der Waals surface area contributed by atoms with Crippen molar-refractivity contribution in [3.05, 3.63) is 47.5 Å². The van der Waals surface area contributed by atoms with Gasteiger partial charge >= 0.3 is 0 Å². The SMILES string of the molecule is C[C@H](c1ccc(C=O)cc1)[C@@H]1[C@H]2C=C[C@H]3N1[C@]3(O)[C@H]2CN[C@H]1CC[C@H](O)C12CCCC2. The molecule has 0 aromatic heterocycles. The molecule has 1 unspecified atom stereocenters. The monoisotopic (exact) mass is 422 g/mol. The zero-order valence-corrected chi connectivity index (χ0v) is 18.3. The summed E-state index contributed by atoms with van der Waals surface area (Å²) < 4.78 is 0. The Morgan fingerprint density at radius 1 is 1.19 bits per heavy atom. The fraction of sp³-hybridized carbons (Fsp3) is 0.654. The fourth-order valence-electron chi connectivity index (χ4n) is 7.95. The summed E-state index contributed by atoms with van der Waals surface area (Å²) in [5, 5.41) is 26.1. The van der Waals surface area contributed by atoms with Crippen LogP contribution in [0.5, 0.6) is 0 Å². The summed E-state index contributed by atoms with van der Waals surface area (Å²) in [7, 11) is 0. The second kappa shape index (κ2) is 6.98. The number of carbonyl (C=O) groups is 1. The van der Waals surface area contributed by atoms with Gasteiger partial charge in [-0.2, -0.15) is 0 Å². The molecule has 0 amide bonds. The first-order valence-electron chi connectivity index (χ1n) is 12.2. The van der Waals surface area contributed by atoms with Gasteiger partial charge in [-0.25, -0.2) is 0 Å². The van der Waals surface area contributed by atoms with E-state index in [0.29, 0.717) is 17.5 Å². The molecule has 6 aliphatic rings. The maximum absolute atomic E-state index is 11.6. The van der Waals surface area contributed by atoms with Crippen molar-refractivity contribution in [1.82, 2.24) is 10.2 Å². The molecule has 4 bridgehead atoms. The van der Waals surface area contributed by atoms with E-state index in [1.807, 2.05) is 12.1 Å². The number of carbonyl (C=O) groups excluding carboxylic acids is 1. The van der Waals surface area contributed by atoms with Crippen LogP contribution in [0.4, 0.5) is 0 Å². The van der Waals surface area contributed by atoms with Crippen LogP contribution in [0.1, 0.15) is 67.3 Å². The number of aliphatic hydroxyl groups excluding tert-OH is 1. The third kappa shape index (κ3) is 2.67. The van der Waals surface area contributed by atoms with Crippen LogP contribution in [0.3, 0.4) is 0 Å². The van der Waals surface area contributed by atoms with Crippen molar-refractivity contribution in [2.75, 3.05) is 6.54 Å². The molecule has 1 aromatic carbocycles. The molecular formula is C26H34N2O3. The lowest BCUT2D eigenvalue weighted by atomic mass is 9.73. The lowest BCUT2D eigenvalue weighted by molar-refractivity contribution is 0.0290. The molecule has 7 rings (SSSR count). The summed E-state index contributed by atoms with van der Waals surface area (Å²) in [5.41, 5.74) is 1.26. The maximum Gasteiger partial charge on any atom is 0.150 e. The Hall–Kier alpha value is -1.53.